The third-order valence-electron chi connectivity index (χ3n) is 7.75. The molecule has 0 atom stereocenters. The molecule has 0 aromatic heterocycles. The summed E-state index contributed by atoms with van der Waals surface area (Å²) in [4.78, 5) is 0. The van der Waals surface area contributed by atoms with Crippen molar-refractivity contribution in [1.29, 1.82) is 0 Å². The predicted octanol–water partition coefficient (Wildman–Crippen LogP) is 10.0. The summed E-state index contributed by atoms with van der Waals surface area (Å²) in [6.07, 6.45) is 16.1. The Labute approximate surface area is 212 Å². The van der Waals surface area contributed by atoms with E-state index >= 15 is 0 Å². The third kappa shape index (κ3) is 3.45. The maximum absolute atomic E-state index is 2.43. The Balaban J connectivity index is 1.64. The van der Waals surface area contributed by atoms with E-state index in [0.29, 0.717) is 0 Å². The summed E-state index contributed by atoms with van der Waals surface area (Å²) in [7, 11) is 0. The van der Waals surface area contributed by atoms with E-state index in [1.165, 1.54) is 66.1 Å². The molecule has 2 aliphatic carbocycles. The first kappa shape index (κ1) is 21.1. The molecule has 0 fully saturated rings. The van der Waals surface area contributed by atoms with Crippen LogP contribution in [0.15, 0.2) is 115 Å². The molecule has 5 aromatic rings. The maximum atomic E-state index is 2.43. The molecule has 0 bridgehead atoms. The molecular formula is C36H28. The first-order valence-electron chi connectivity index (χ1n) is 13.1. The summed E-state index contributed by atoms with van der Waals surface area (Å²) < 4.78 is 0. The molecule has 7 rings (SSSR count). The molecule has 0 radical (unpaired) electrons. The Kier molecular flexibility index (Phi) is 5.17. The van der Waals surface area contributed by atoms with Crippen LogP contribution < -0.4 is 0 Å². The Morgan fingerprint density at radius 3 is 2.11 bits per heavy atom. The van der Waals surface area contributed by atoms with Gasteiger partial charge < -0.3 is 0 Å². The van der Waals surface area contributed by atoms with Crippen LogP contribution in [0.4, 0.5) is 0 Å². The van der Waals surface area contributed by atoms with Gasteiger partial charge in [0, 0.05) is 0 Å². The molecule has 0 spiro atoms. The van der Waals surface area contributed by atoms with Gasteiger partial charge in [-0.1, -0.05) is 115 Å². The van der Waals surface area contributed by atoms with Crippen LogP contribution >= 0.6 is 0 Å². The number of hydrogen-bond donors (Lipinski definition) is 0. The molecule has 2 aliphatic rings. The van der Waals surface area contributed by atoms with E-state index < -0.39 is 0 Å². The van der Waals surface area contributed by atoms with Gasteiger partial charge in [0.15, 0.2) is 0 Å². The van der Waals surface area contributed by atoms with E-state index in [-0.39, 0.29) is 0 Å². The summed E-state index contributed by atoms with van der Waals surface area (Å²) in [5.74, 6) is 0. The van der Waals surface area contributed by atoms with Gasteiger partial charge in [0.05, 0.1) is 0 Å². The van der Waals surface area contributed by atoms with Crippen molar-refractivity contribution in [2.75, 3.05) is 0 Å². The van der Waals surface area contributed by atoms with Gasteiger partial charge in [-0.05, 0) is 97.8 Å². The number of benzene rings is 5. The second-order valence-electron chi connectivity index (χ2n) is 9.88. The minimum atomic E-state index is 1.11. The molecule has 0 saturated heterocycles. The van der Waals surface area contributed by atoms with Gasteiger partial charge in [-0.2, -0.15) is 0 Å². The zero-order valence-corrected chi connectivity index (χ0v) is 20.4. The van der Waals surface area contributed by atoms with Crippen LogP contribution in [0.25, 0.3) is 55.4 Å². The van der Waals surface area contributed by atoms with E-state index in [9.17, 15) is 0 Å². The van der Waals surface area contributed by atoms with E-state index in [1.54, 1.807) is 0 Å². The molecule has 0 amide bonds. The Morgan fingerprint density at radius 1 is 0.500 bits per heavy atom. The fourth-order valence-electron chi connectivity index (χ4n) is 6.08. The van der Waals surface area contributed by atoms with Crippen LogP contribution in [0.5, 0.6) is 0 Å². The lowest BCUT2D eigenvalue weighted by molar-refractivity contribution is 0.987. The average molecular weight is 461 g/mol. The predicted molar refractivity (Wildman–Crippen MR) is 156 cm³/mol. The lowest BCUT2D eigenvalue weighted by Gasteiger charge is -2.22. The van der Waals surface area contributed by atoms with E-state index in [4.69, 9.17) is 0 Å². The highest BCUT2D eigenvalue weighted by atomic mass is 14.2. The van der Waals surface area contributed by atoms with Crippen molar-refractivity contribution in [2.45, 2.75) is 25.7 Å². The van der Waals surface area contributed by atoms with Gasteiger partial charge in [-0.15, -0.1) is 0 Å². The highest BCUT2D eigenvalue weighted by Crippen LogP contribution is 2.46. The standard InChI is InChI=1S/C36H28/c1-3-12-25(13-4-1)28-22-23-33-34(24-28)35(27-15-5-2-6-16-27)31-19-9-10-20-32(31)36(33)30-21-11-17-26-14-7-8-18-29(26)30/h2-3,5-6,8-13,15-24H,1,4,7,14H2. The molecule has 5 aromatic carbocycles. The highest BCUT2D eigenvalue weighted by molar-refractivity contribution is 6.22. The molecule has 0 nitrogen and oxygen atoms in total. The molecule has 0 saturated carbocycles. The highest BCUT2D eigenvalue weighted by Gasteiger charge is 2.20. The fourth-order valence-corrected chi connectivity index (χ4v) is 6.08. The van der Waals surface area contributed by atoms with Crippen molar-refractivity contribution < 1.29 is 0 Å². The molecule has 0 heterocycles. The Bertz CT molecular complexity index is 1710. The van der Waals surface area contributed by atoms with Crippen LogP contribution in [0.2, 0.25) is 0 Å². The number of allylic oxidation sites excluding steroid dienone is 5. The SMILES string of the molecule is C1=CC(c2ccc3c(-c4cccc5c4C=CCC5)c4ccccc4c(-c4ccccc4)c3c2)=CCC1. The van der Waals surface area contributed by atoms with Gasteiger partial charge in [0.1, 0.15) is 0 Å². The molecule has 0 unspecified atom stereocenters. The van der Waals surface area contributed by atoms with Crippen LogP contribution in [0.3, 0.4) is 0 Å². The van der Waals surface area contributed by atoms with E-state index in [0.717, 1.165) is 25.7 Å². The second kappa shape index (κ2) is 8.81. The Morgan fingerprint density at radius 2 is 1.28 bits per heavy atom. The smallest absolute Gasteiger partial charge is 0.00202 e. The molecule has 0 N–H and O–H groups in total. The van der Waals surface area contributed by atoms with Gasteiger partial charge in [-0.3, -0.25) is 0 Å². The Hall–Kier alpha value is -4.16. The van der Waals surface area contributed by atoms with Crippen LogP contribution in [0.1, 0.15) is 36.0 Å². The molecule has 0 heteroatoms. The molecular weight excluding hydrogens is 432 g/mol. The number of fused-ring (bicyclic) bond motifs is 3. The molecule has 172 valence electrons. The van der Waals surface area contributed by atoms with Crippen LogP contribution in [-0.2, 0) is 6.42 Å². The first-order valence-corrected chi connectivity index (χ1v) is 13.1. The summed E-state index contributed by atoms with van der Waals surface area (Å²) in [5, 5.41) is 5.28. The summed E-state index contributed by atoms with van der Waals surface area (Å²) in [6, 6.07) is 33.9. The minimum Gasteiger partial charge on any atom is -0.0836 e. The van der Waals surface area contributed by atoms with Gasteiger partial charge >= 0.3 is 0 Å². The fraction of sp³-hybridized carbons (Fsp3) is 0.111. The van der Waals surface area contributed by atoms with E-state index in [1.807, 2.05) is 0 Å². The van der Waals surface area contributed by atoms with Crippen molar-refractivity contribution in [1.82, 2.24) is 0 Å². The molecule has 36 heavy (non-hydrogen) atoms. The summed E-state index contributed by atoms with van der Waals surface area (Å²) in [6.45, 7) is 0. The zero-order chi connectivity index (χ0) is 23.9. The zero-order valence-electron chi connectivity index (χ0n) is 20.4. The van der Waals surface area contributed by atoms with Gasteiger partial charge in [0.2, 0.25) is 0 Å². The van der Waals surface area contributed by atoms with Crippen molar-refractivity contribution >= 4 is 33.2 Å². The quantitative estimate of drug-likeness (QED) is 0.235. The number of hydrogen-bond acceptors (Lipinski definition) is 0. The van der Waals surface area contributed by atoms with Crippen LogP contribution in [0, 0.1) is 0 Å². The van der Waals surface area contributed by atoms with Gasteiger partial charge in [-0.25, -0.2) is 0 Å². The van der Waals surface area contributed by atoms with Crippen molar-refractivity contribution in [3.63, 3.8) is 0 Å². The number of aryl methyl sites for hydroxylation is 1. The van der Waals surface area contributed by atoms with E-state index in [2.05, 4.69) is 121 Å². The maximum Gasteiger partial charge on any atom is -0.00202 e. The lowest BCUT2D eigenvalue weighted by atomic mass is 9.82. The largest absolute Gasteiger partial charge is 0.0836 e. The van der Waals surface area contributed by atoms with Crippen LogP contribution in [-0.4, -0.2) is 0 Å². The first-order chi connectivity index (χ1) is 17.9. The van der Waals surface area contributed by atoms with Crippen molar-refractivity contribution in [3.8, 4) is 22.3 Å². The monoisotopic (exact) mass is 460 g/mol. The minimum absolute atomic E-state index is 1.11. The summed E-state index contributed by atoms with van der Waals surface area (Å²) >= 11 is 0. The van der Waals surface area contributed by atoms with Crippen molar-refractivity contribution in [2.24, 2.45) is 0 Å². The van der Waals surface area contributed by atoms with Gasteiger partial charge in [0.25, 0.3) is 0 Å². The lowest BCUT2D eigenvalue weighted by Crippen LogP contribution is -1.98. The third-order valence-corrected chi connectivity index (χ3v) is 7.75. The topological polar surface area (TPSA) is 0 Å². The number of rotatable bonds is 3. The molecule has 0 aliphatic heterocycles. The second-order valence-corrected chi connectivity index (χ2v) is 9.88. The normalized spacial score (nSPS) is 14.7. The average Bonchev–Trinajstić information content (AvgIpc) is 2.96. The van der Waals surface area contributed by atoms with Crippen molar-refractivity contribution in [3.05, 3.63) is 132 Å². The summed E-state index contributed by atoms with van der Waals surface area (Å²) in [5.41, 5.74) is 10.7.